The van der Waals surface area contributed by atoms with Crippen molar-refractivity contribution < 1.29 is 14.6 Å². The number of hydrogen-bond donors (Lipinski definition) is 1. The molecule has 9 nitrogen and oxygen atoms in total. The Morgan fingerprint density at radius 3 is 2.68 bits per heavy atom. The van der Waals surface area contributed by atoms with Crippen LogP contribution in [0.5, 0.6) is 11.8 Å². The summed E-state index contributed by atoms with van der Waals surface area (Å²) in [6, 6.07) is 7.53. The average Bonchev–Trinajstić information content (AvgIpc) is 2.78. The van der Waals surface area contributed by atoms with Crippen LogP contribution in [0.15, 0.2) is 34.5 Å². The van der Waals surface area contributed by atoms with Gasteiger partial charge in [-0.1, -0.05) is 17.7 Å². The molecule has 0 aliphatic carbocycles. The normalized spacial score (nSPS) is 14.8. The number of aromatic nitrogens is 2. The third kappa shape index (κ3) is 6.86. The molecule has 1 N–H and O–H groups in total. The number of anilines is 1. The molecule has 1 saturated heterocycles. The van der Waals surface area contributed by atoms with Crippen molar-refractivity contribution in [2.75, 3.05) is 57.4 Å². The Bertz CT molecular complexity index is 866. The number of nitrogens with zero attached hydrogens (tertiary/aromatic N) is 6. The van der Waals surface area contributed by atoms with Gasteiger partial charge >= 0.3 is 6.01 Å². The molecule has 0 atom stereocenters. The molecule has 0 unspecified atom stereocenters. The number of aryl methyl sites for hydroxylation is 1. The number of aromatic hydroxyl groups is 1. The lowest BCUT2D eigenvalue weighted by molar-refractivity contribution is 0.0317. The molecule has 0 saturated carbocycles. The number of hydrogen-bond acceptors (Lipinski definition) is 9. The zero-order valence-corrected chi connectivity index (χ0v) is 18.6. The van der Waals surface area contributed by atoms with E-state index in [0.717, 1.165) is 62.9 Å². The van der Waals surface area contributed by atoms with Gasteiger partial charge in [0.2, 0.25) is 0 Å². The Balaban J connectivity index is 1.70. The highest BCUT2D eigenvalue weighted by atomic mass is 16.5. The van der Waals surface area contributed by atoms with Gasteiger partial charge in [0, 0.05) is 44.4 Å². The molecule has 1 aliphatic rings. The van der Waals surface area contributed by atoms with Gasteiger partial charge in [-0.05, 0) is 26.8 Å². The minimum absolute atomic E-state index is 0.211. The van der Waals surface area contributed by atoms with Crippen LogP contribution in [0.25, 0.3) is 0 Å². The number of phenolic OH excluding ortho intramolecular Hbond substituents is 1. The summed E-state index contributed by atoms with van der Waals surface area (Å²) in [6.07, 6.45) is 0. The van der Waals surface area contributed by atoms with Gasteiger partial charge in [-0.3, -0.25) is 4.90 Å². The zero-order chi connectivity index (χ0) is 22.1. The number of benzene rings is 1. The quantitative estimate of drug-likeness (QED) is 0.580. The summed E-state index contributed by atoms with van der Waals surface area (Å²) in [5.41, 5.74) is 1.79. The van der Waals surface area contributed by atoms with Crippen LogP contribution in [0, 0.1) is 6.92 Å². The van der Waals surface area contributed by atoms with Gasteiger partial charge in [0.1, 0.15) is 18.2 Å². The molecule has 2 heterocycles. The van der Waals surface area contributed by atoms with Crippen LogP contribution < -0.4 is 9.64 Å². The number of morpholine rings is 1. The molecule has 3 rings (SSSR count). The summed E-state index contributed by atoms with van der Waals surface area (Å²) < 4.78 is 11.2. The molecule has 0 amide bonds. The minimum atomic E-state index is 0.211. The van der Waals surface area contributed by atoms with Gasteiger partial charge in [0.25, 0.3) is 0 Å². The first kappa shape index (κ1) is 22.9. The Hall–Kier alpha value is -2.78. The highest BCUT2D eigenvalue weighted by Gasteiger charge is 2.13. The van der Waals surface area contributed by atoms with Crippen LogP contribution in [-0.2, 0) is 11.3 Å². The largest absolute Gasteiger partial charge is 0.508 e. The fourth-order valence-corrected chi connectivity index (χ4v) is 3.34. The van der Waals surface area contributed by atoms with Gasteiger partial charge in [-0.25, -0.2) is 0 Å². The van der Waals surface area contributed by atoms with Crippen molar-refractivity contribution in [1.29, 1.82) is 0 Å². The van der Waals surface area contributed by atoms with E-state index >= 15 is 0 Å². The molecule has 1 aromatic carbocycles. The molecule has 1 aromatic heterocycles. The van der Waals surface area contributed by atoms with Crippen molar-refractivity contribution in [3.05, 3.63) is 35.4 Å². The summed E-state index contributed by atoms with van der Waals surface area (Å²) in [6.45, 7) is 12.7. The first-order valence-electron chi connectivity index (χ1n) is 10.8. The Morgan fingerprint density at radius 1 is 1.16 bits per heavy atom. The van der Waals surface area contributed by atoms with Crippen LogP contribution >= 0.6 is 0 Å². The lowest BCUT2D eigenvalue weighted by Gasteiger charge is -2.26. The molecule has 168 valence electrons. The van der Waals surface area contributed by atoms with E-state index in [1.54, 1.807) is 12.1 Å². The maximum Gasteiger partial charge on any atom is 0.320 e. The second-order valence-electron chi connectivity index (χ2n) is 7.37. The number of rotatable bonds is 10. The predicted octanol–water partition coefficient (Wildman–Crippen LogP) is 3.33. The monoisotopic (exact) mass is 428 g/mol. The summed E-state index contributed by atoms with van der Waals surface area (Å²) in [5, 5.41) is 18.5. The van der Waals surface area contributed by atoms with Crippen molar-refractivity contribution in [2.24, 2.45) is 10.2 Å². The minimum Gasteiger partial charge on any atom is -0.508 e. The Morgan fingerprint density at radius 2 is 1.94 bits per heavy atom. The van der Waals surface area contributed by atoms with E-state index in [1.165, 1.54) is 0 Å². The summed E-state index contributed by atoms with van der Waals surface area (Å²) in [7, 11) is 0. The first-order valence-corrected chi connectivity index (χ1v) is 10.8. The molecule has 0 spiro atoms. The molecule has 2 aromatic rings. The second kappa shape index (κ2) is 11.6. The third-order valence-corrected chi connectivity index (χ3v) is 5.16. The highest BCUT2D eigenvalue weighted by Crippen LogP contribution is 2.23. The van der Waals surface area contributed by atoms with Crippen LogP contribution in [0.2, 0.25) is 0 Å². The van der Waals surface area contributed by atoms with E-state index in [1.807, 2.05) is 19.1 Å². The zero-order valence-electron chi connectivity index (χ0n) is 18.6. The fraction of sp³-hybridized carbons (Fsp3) is 0.545. The molecule has 1 fully saturated rings. The molecule has 0 radical (unpaired) electrons. The van der Waals surface area contributed by atoms with E-state index in [-0.39, 0.29) is 12.3 Å². The number of phenols is 1. The van der Waals surface area contributed by atoms with Gasteiger partial charge in [-0.2, -0.15) is 15.1 Å². The SMILES string of the molecule is CCN(CC)c1cc(N=NCc2cc(C)ccc2O)nc(OCCN2CCOCC2)n1. The highest BCUT2D eigenvalue weighted by molar-refractivity contribution is 5.47. The predicted molar refractivity (Wildman–Crippen MR) is 119 cm³/mol. The topological polar surface area (TPSA) is 95.7 Å². The van der Waals surface area contributed by atoms with Crippen molar-refractivity contribution >= 4 is 11.6 Å². The van der Waals surface area contributed by atoms with Gasteiger partial charge in [0.15, 0.2) is 5.82 Å². The van der Waals surface area contributed by atoms with Crippen LogP contribution in [0.1, 0.15) is 25.0 Å². The van der Waals surface area contributed by atoms with E-state index in [9.17, 15) is 5.11 Å². The standard InChI is InChI=1S/C22H32N6O3/c1-4-28(5-2)21-15-20(26-23-16-18-14-17(3)6-7-19(18)29)24-22(25-21)31-13-10-27-8-11-30-12-9-27/h6-7,14-15,29H,4-5,8-13,16H2,1-3H3. The van der Waals surface area contributed by atoms with Crippen molar-refractivity contribution in [3.8, 4) is 11.8 Å². The number of azo groups is 1. The summed E-state index contributed by atoms with van der Waals surface area (Å²) in [4.78, 5) is 13.4. The lowest BCUT2D eigenvalue weighted by Crippen LogP contribution is -2.38. The Labute approximate surface area is 183 Å². The molecule has 31 heavy (non-hydrogen) atoms. The maximum atomic E-state index is 10.00. The van der Waals surface area contributed by atoms with Crippen LogP contribution in [0.3, 0.4) is 0 Å². The van der Waals surface area contributed by atoms with Crippen molar-refractivity contribution in [2.45, 2.75) is 27.3 Å². The van der Waals surface area contributed by atoms with Crippen molar-refractivity contribution in [3.63, 3.8) is 0 Å². The van der Waals surface area contributed by atoms with Crippen LogP contribution in [0.4, 0.5) is 11.6 Å². The molecule has 0 bridgehead atoms. The van der Waals surface area contributed by atoms with Gasteiger partial charge < -0.3 is 19.5 Å². The Kier molecular flexibility index (Phi) is 8.54. The first-order chi connectivity index (χ1) is 15.1. The maximum absolute atomic E-state index is 10.00. The van der Waals surface area contributed by atoms with E-state index in [2.05, 4.69) is 43.8 Å². The third-order valence-electron chi connectivity index (χ3n) is 5.16. The summed E-state index contributed by atoms with van der Waals surface area (Å²) in [5.74, 6) is 1.40. The van der Waals surface area contributed by atoms with E-state index in [0.29, 0.717) is 18.4 Å². The fourth-order valence-electron chi connectivity index (χ4n) is 3.34. The average molecular weight is 429 g/mol. The smallest absolute Gasteiger partial charge is 0.320 e. The van der Waals surface area contributed by atoms with Crippen LogP contribution in [-0.4, -0.2) is 72.5 Å². The molecule has 1 aliphatic heterocycles. The summed E-state index contributed by atoms with van der Waals surface area (Å²) >= 11 is 0. The lowest BCUT2D eigenvalue weighted by atomic mass is 10.1. The van der Waals surface area contributed by atoms with Gasteiger partial charge in [0.05, 0.1) is 19.8 Å². The second-order valence-corrected chi connectivity index (χ2v) is 7.37. The molecule has 9 heteroatoms. The van der Waals surface area contributed by atoms with E-state index < -0.39 is 0 Å². The number of ether oxygens (including phenoxy) is 2. The van der Waals surface area contributed by atoms with E-state index in [4.69, 9.17) is 9.47 Å². The van der Waals surface area contributed by atoms with Crippen molar-refractivity contribution in [1.82, 2.24) is 14.9 Å². The molecular weight excluding hydrogens is 396 g/mol. The molecular formula is C22H32N6O3. The van der Waals surface area contributed by atoms with Gasteiger partial charge in [-0.15, -0.1) is 5.11 Å².